The Labute approximate surface area is 149 Å². The van der Waals surface area contributed by atoms with Gasteiger partial charge in [-0.05, 0) is 17.7 Å². The molecule has 0 bridgehead atoms. The van der Waals surface area contributed by atoms with Crippen LogP contribution < -0.4 is 0 Å². The van der Waals surface area contributed by atoms with Crippen molar-refractivity contribution in [3.63, 3.8) is 0 Å². The number of carbonyl (C=O) groups excluding carboxylic acids is 1. The zero-order valence-corrected chi connectivity index (χ0v) is 14.5. The summed E-state index contributed by atoms with van der Waals surface area (Å²) >= 11 is 11.9. The van der Waals surface area contributed by atoms with Crippen LogP contribution in [0.5, 0.6) is 0 Å². The molecule has 1 aliphatic heterocycles. The fourth-order valence-electron chi connectivity index (χ4n) is 2.71. The van der Waals surface area contributed by atoms with Gasteiger partial charge in [-0.25, -0.2) is 4.39 Å². The van der Waals surface area contributed by atoms with Gasteiger partial charge in [0.05, 0.1) is 11.2 Å². The van der Waals surface area contributed by atoms with Gasteiger partial charge in [0, 0.05) is 43.9 Å². The lowest BCUT2D eigenvalue weighted by Crippen LogP contribution is -2.49. The summed E-state index contributed by atoms with van der Waals surface area (Å²) in [6.45, 7) is 3.63. The molecular formula is C16H17Cl2FN4O. The molecule has 24 heavy (non-hydrogen) atoms. The van der Waals surface area contributed by atoms with Gasteiger partial charge in [0.2, 0.25) is 5.91 Å². The van der Waals surface area contributed by atoms with Crippen molar-refractivity contribution < 1.29 is 9.18 Å². The molecule has 1 aliphatic rings. The first kappa shape index (κ1) is 17.2. The smallest absolute Gasteiger partial charge is 0.244 e. The monoisotopic (exact) mass is 370 g/mol. The summed E-state index contributed by atoms with van der Waals surface area (Å²) in [5, 5.41) is 4.97. The van der Waals surface area contributed by atoms with Gasteiger partial charge >= 0.3 is 0 Å². The molecular weight excluding hydrogens is 354 g/mol. The van der Waals surface area contributed by atoms with Gasteiger partial charge in [-0.1, -0.05) is 29.3 Å². The van der Waals surface area contributed by atoms with Crippen LogP contribution >= 0.6 is 23.2 Å². The lowest BCUT2D eigenvalue weighted by Gasteiger charge is -2.34. The molecule has 0 aliphatic carbocycles. The van der Waals surface area contributed by atoms with Gasteiger partial charge in [-0.3, -0.25) is 14.4 Å². The van der Waals surface area contributed by atoms with Gasteiger partial charge in [-0.2, -0.15) is 5.10 Å². The van der Waals surface area contributed by atoms with Crippen LogP contribution in [0.25, 0.3) is 0 Å². The number of piperazine rings is 1. The number of hydrogen-bond donors (Lipinski definition) is 0. The van der Waals surface area contributed by atoms with Gasteiger partial charge in [0.15, 0.2) is 0 Å². The van der Waals surface area contributed by atoms with E-state index < -0.39 is 0 Å². The van der Waals surface area contributed by atoms with E-state index in [9.17, 15) is 9.18 Å². The van der Waals surface area contributed by atoms with Crippen molar-refractivity contribution in [3.8, 4) is 0 Å². The van der Waals surface area contributed by atoms with Crippen molar-refractivity contribution >= 4 is 29.1 Å². The maximum atomic E-state index is 13.1. The highest BCUT2D eigenvalue weighted by Gasteiger charge is 2.22. The Hall–Kier alpha value is -1.63. The Bertz CT molecular complexity index is 729. The van der Waals surface area contributed by atoms with E-state index in [1.807, 2.05) is 4.90 Å². The number of carbonyl (C=O) groups is 1. The van der Waals surface area contributed by atoms with E-state index in [-0.39, 0.29) is 18.3 Å². The molecule has 1 aromatic carbocycles. The summed E-state index contributed by atoms with van der Waals surface area (Å²) in [4.78, 5) is 16.3. The first-order valence-electron chi connectivity index (χ1n) is 7.63. The second-order valence-electron chi connectivity index (χ2n) is 5.75. The summed E-state index contributed by atoms with van der Waals surface area (Å²) in [6.07, 6.45) is 3.14. The van der Waals surface area contributed by atoms with Gasteiger partial charge < -0.3 is 4.90 Å². The minimum Gasteiger partial charge on any atom is -0.339 e. The molecule has 0 saturated carbocycles. The largest absolute Gasteiger partial charge is 0.339 e. The summed E-state index contributed by atoms with van der Waals surface area (Å²) < 4.78 is 14.6. The van der Waals surface area contributed by atoms with Crippen LogP contribution in [-0.4, -0.2) is 51.7 Å². The Morgan fingerprint density at radius 1 is 1.21 bits per heavy atom. The van der Waals surface area contributed by atoms with Gasteiger partial charge in [-0.15, -0.1) is 0 Å². The molecule has 1 amide bonds. The lowest BCUT2D eigenvalue weighted by molar-refractivity contribution is -0.133. The Morgan fingerprint density at radius 3 is 2.58 bits per heavy atom. The summed E-state index contributed by atoms with van der Waals surface area (Å²) in [6, 6.07) is 4.44. The molecule has 0 N–H and O–H groups in total. The number of benzene rings is 1. The second kappa shape index (κ2) is 7.51. The third-order valence-corrected chi connectivity index (χ3v) is 4.58. The molecule has 1 fully saturated rings. The molecule has 128 valence electrons. The van der Waals surface area contributed by atoms with Crippen molar-refractivity contribution in [1.82, 2.24) is 19.6 Å². The molecule has 0 atom stereocenters. The van der Waals surface area contributed by atoms with Crippen LogP contribution in [0.15, 0.2) is 30.6 Å². The van der Waals surface area contributed by atoms with Crippen LogP contribution in [0.1, 0.15) is 5.56 Å². The van der Waals surface area contributed by atoms with Crippen molar-refractivity contribution in [2.24, 2.45) is 0 Å². The van der Waals surface area contributed by atoms with Crippen LogP contribution in [0, 0.1) is 5.82 Å². The fraction of sp³-hybridized carbons (Fsp3) is 0.375. The maximum absolute atomic E-state index is 13.1. The molecule has 0 unspecified atom stereocenters. The average Bonchev–Trinajstić information content (AvgIpc) is 2.96. The minimum atomic E-state index is -0.335. The molecule has 1 aromatic heterocycles. The predicted octanol–water partition coefficient (Wildman–Crippen LogP) is 2.67. The van der Waals surface area contributed by atoms with Crippen molar-refractivity contribution in [2.45, 2.75) is 13.1 Å². The molecule has 5 nitrogen and oxygen atoms in total. The van der Waals surface area contributed by atoms with E-state index in [0.29, 0.717) is 29.7 Å². The molecule has 3 rings (SSSR count). The average molecular weight is 371 g/mol. The van der Waals surface area contributed by atoms with E-state index in [4.69, 9.17) is 23.2 Å². The fourth-order valence-corrected chi connectivity index (χ4v) is 3.09. The number of rotatable bonds is 4. The SMILES string of the molecule is O=C(Cn1cc(Cl)cn1)N1CCN(Cc2ccc(F)cc2Cl)CC1. The second-order valence-corrected chi connectivity index (χ2v) is 6.59. The molecule has 2 heterocycles. The lowest BCUT2D eigenvalue weighted by atomic mass is 10.2. The van der Waals surface area contributed by atoms with E-state index in [1.54, 1.807) is 12.3 Å². The van der Waals surface area contributed by atoms with Crippen LogP contribution in [-0.2, 0) is 17.9 Å². The number of aromatic nitrogens is 2. The summed E-state index contributed by atoms with van der Waals surface area (Å²) in [7, 11) is 0. The number of halogens is 3. The van der Waals surface area contributed by atoms with Crippen molar-refractivity contribution in [2.75, 3.05) is 26.2 Å². The molecule has 2 aromatic rings. The van der Waals surface area contributed by atoms with Crippen LogP contribution in [0.4, 0.5) is 4.39 Å². The molecule has 8 heteroatoms. The number of hydrogen-bond acceptors (Lipinski definition) is 3. The standard InChI is InChI=1S/C16H17Cl2FN4O/c17-13-8-20-23(10-13)11-16(24)22-5-3-21(4-6-22)9-12-1-2-14(19)7-15(12)18/h1-2,7-8,10H,3-6,9,11H2. The van der Waals surface area contributed by atoms with E-state index in [2.05, 4.69) is 10.00 Å². The first-order valence-corrected chi connectivity index (χ1v) is 8.39. The maximum Gasteiger partial charge on any atom is 0.244 e. The summed E-state index contributed by atoms with van der Waals surface area (Å²) in [5.41, 5.74) is 0.893. The minimum absolute atomic E-state index is 0.0224. The molecule has 1 saturated heterocycles. The molecule has 0 radical (unpaired) electrons. The Balaban J connectivity index is 1.51. The van der Waals surface area contributed by atoms with Crippen LogP contribution in [0.3, 0.4) is 0 Å². The number of nitrogens with zero attached hydrogens (tertiary/aromatic N) is 4. The quantitative estimate of drug-likeness (QED) is 0.830. The topological polar surface area (TPSA) is 41.4 Å². The van der Waals surface area contributed by atoms with E-state index in [0.717, 1.165) is 18.7 Å². The zero-order chi connectivity index (χ0) is 17.1. The van der Waals surface area contributed by atoms with Crippen molar-refractivity contribution in [3.05, 3.63) is 52.0 Å². The van der Waals surface area contributed by atoms with Crippen LogP contribution in [0.2, 0.25) is 10.0 Å². The van der Waals surface area contributed by atoms with Gasteiger partial charge in [0.1, 0.15) is 12.4 Å². The normalized spacial score (nSPS) is 15.7. The summed E-state index contributed by atoms with van der Waals surface area (Å²) in [5.74, 6) is -0.313. The Kier molecular flexibility index (Phi) is 5.38. The highest BCUT2D eigenvalue weighted by atomic mass is 35.5. The first-order chi connectivity index (χ1) is 11.5. The highest BCUT2D eigenvalue weighted by Crippen LogP contribution is 2.19. The third kappa shape index (κ3) is 4.26. The third-order valence-electron chi connectivity index (χ3n) is 4.03. The zero-order valence-electron chi connectivity index (χ0n) is 13.0. The van der Waals surface area contributed by atoms with Gasteiger partial charge in [0.25, 0.3) is 0 Å². The van der Waals surface area contributed by atoms with Crippen molar-refractivity contribution in [1.29, 1.82) is 0 Å². The highest BCUT2D eigenvalue weighted by molar-refractivity contribution is 6.31. The number of amides is 1. The van der Waals surface area contributed by atoms with E-state index >= 15 is 0 Å². The van der Waals surface area contributed by atoms with E-state index in [1.165, 1.54) is 23.0 Å². The molecule has 0 spiro atoms. The predicted molar refractivity (Wildman–Crippen MR) is 90.5 cm³/mol. The Morgan fingerprint density at radius 2 is 1.96 bits per heavy atom.